The molecule has 4 heteroatoms. The molecule has 1 aromatic rings. The molecule has 4 nitrogen and oxygen atoms in total. The quantitative estimate of drug-likeness (QED) is 0.768. The zero-order chi connectivity index (χ0) is 18.0. The van der Waals surface area contributed by atoms with Gasteiger partial charge in [-0.05, 0) is 58.2 Å². The number of hydrogen-bond donors (Lipinski definition) is 0. The van der Waals surface area contributed by atoms with Crippen LogP contribution in [0.15, 0.2) is 12.1 Å². The molecule has 2 fully saturated rings. The van der Waals surface area contributed by atoms with Crippen LogP contribution in [0.2, 0.25) is 0 Å². The van der Waals surface area contributed by atoms with Crippen molar-refractivity contribution in [3.8, 4) is 0 Å². The molecule has 25 heavy (non-hydrogen) atoms. The molecular formula is C21H32N2O2. The molecule has 2 atom stereocenters. The standard InChI is InChI=1S/C21H32N2O2/c1-15-12-19(18(4)23(15)20-8-6-5-7-9-20)10-11-21(24)22-13-16(2)25-17(3)14-22/h10-12,16-17,20H,5-9,13-14H2,1-4H3/b11-10+/t16-,17-/m1/s1. The fourth-order valence-electron chi connectivity index (χ4n) is 4.50. The van der Waals surface area contributed by atoms with Crippen molar-refractivity contribution in [2.24, 2.45) is 0 Å². The predicted molar refractivity (Wildman–Crippen MR) is 102 cm³/mol. The summed E-state index contributed by atoms with van der Waals surface area (Å²) in [7, 11) is 0. The molecule has 1 saturated carbocycles. The summed E-state index contributed by atoms with van der Waals surface area (Å²) in [5.41, 5.74) is 3.77. The molecule has 0 spiro atoms. The highest BCUT2D eigenvalue weighted by Crippen LogP contribution is 2.32. The van der Waals surface area contributed by atoms with Crippen molar-refractivity contribution in [3.05, 3.63) is 29.1 Å². The summed E-state index contributed by atoms with van der Waals surface area (Å²) < 4.78 is 8.20. The summed E-state index contributed by atoms with van der Waals surface area (Å²) in [4.78, 5) is 14.4. The maximum absolute atomic E-state index is 12.5. The van der Waals surface area contributed by atoms with Crippen LogP contribution in [-0.4, -0.2) is 40.7 Å². The van der Waals surface area contributed by atoms with Gasteiger partial charge in [-0.1, -0.05) is 19.3 Å². The second kappa shape index (κ2) is 7.77. The Morgan fingerprint density at radius 3 is 2.40 bits per heavy atom. The Morgan fingerprint density at radius 1 is 1.12 bits per heavy atom. The Balaban J connectivity index is 1.72. The molecule has 1 amide bonds. The van der Waals surface area contributed by atoms with Gasteiger partial charge in [0.15, 0.2) is 0 Å². The molecule has 0 unspecified atom stereocenters. The molecule has 1 aliphatic heterocycles. The first-order chi connectivity index (χ1) is 12.0. The molecule has 2 aliphatic rings. The van der Waals surface area contributed by atoms with Crippen LogP contribution in [0.3, 0.4) is 0 Å². The summed E-state index contributed by atoms with van der Waals surface area (Å²) in [5.74, 6) is 0.0875. The molecular weight excluding hydrogens is 312 g/mol. The van der Waals surface area contributed by atoms with E-state index in [0.29, 0.717) is 19.1 Å². The molecule has 1 aromatic heterocycles. The van der Waals surface area contributed by atoms with Gasteiger partial charge in [0, 0.05) is 36.6 Å². The van der Waals surface area contributed by atoms with E-state index in [1.54, 1.807) is 6.08 Å². The average molecular weight is 344 g/mol. The summed E-state index contributed by atoms with van der Waals surface area (Å²) in [6.07, 6.45) is 10.5. The molecule has 0 N–H and O–H groups in total. The van der Waals surface area contributed by atoms with Crippen molar-refractivity contribution in [2.75, 3.05) is 13.1 Å². The van der Waals surface area contributed by atoms with E-state index in [2.05, 4.69) is 24.5 Å². The Bertz CT molecular complexity index is 631. The van der Waals surface area contributed by atoms with Gasteiger partial charge in [0.05, 0.1) is 12.2 Å². The second-order valence-corrected chi connectivity index (χ2v) is 7.82. The number of aromatic nitrogens is 1. The van der Waals surface area contributed by atoms with E-state index in [1.807, 2.05) is 24.8 Å². The van der Waals surface area contributed by atoms with Crippen LogP contribution < -0.4 is 0 Å². The summed E-state index contributed by atoms with van der Waals surface area (Å²) in [6, 6.07) is 2.85. The van der Waals surface area contributed by atoms with Crippen molar-refractivity contribution < 1.29 is 9.53 Å². The van der Waals surface area contributed by atoms with Gasteiger partial charge in [0.2, 0.25) is 5.91 Å². The molecule has 1 aliphatic carbocycles. The van der Waals surface area contributed by atoms with Crippen LogP contribution in [0.4, 0.5) is 0 Å². The largest absolute Gasteiger partial charge is 0.372 e. The molecule has 3 rings (SSSR count). The average Bonchev–Trinajstić information content (AvgIpc) is 2.86. The van der Waals surface area contributed by atoms with Gasteiger partial charge in [0.1, 0.15) is 0 Å². The van der Waals surface area contributed by atoms with Crippen LogP contribution in [-0.2, 0) is 9.53 Å². The molecule has 0 radical (unpaired) electrons. The number of morpholine rings is 1. The van der Waals surface area contributed by atoms with Crippen LogP contribution in [0, 0.1) is 13.8 Å². The number of nitrogens with zero attached hydrogens (tertiary/aromatic N) is 2. The number of ether oxygens (including phenoxy) is 1. The lowest BCUT2D eigenvalue weighted by Crippen LogP contribution is -2.47. The van der Waals surface area contributed by atoms with Crippen LogP contribution in [0.5, 0.6) is 0 Å². The van der Waals surface area contributed by atoms with Gasteiger partial charge in [-0.15, -0.1) is 0 Å². The lowest BCUT2D eigenvalue weighted by molar-refractivity contribution is -0.137. The minimum atomic E-state index is 0.0875. The van der Waals surface area contributed by atoms with Crippen molar-refractivity contribution in [1.82, 2.24) is 9.47 Å². The molecule has 2 heterocycles. The number of hydrogen-bond acceptors (Lipinski definition) is 2. The van der Waals surface area contributed by atoms with E-state index in [0.717, 1.165) is 0 Å². The maximum atomic E-state index is 12.5. The highest BCUT2D eigenvalue weighted by molar-refractivity contribution is 5.92. The van der Waals surface area contributed by atoms with Crippen molar-refractivity contribution >= 4 is 12.0 Å². The minimum absolute atomic E-state index is 0.0875. The fourth-order valence-corrected chi connectivity index (χ4v) is 4.50. The minimum Gasteiger partial charge on any atom is -0.372 e. The van der Waals surface area contributed by atoms with Crippen molar-refractivity contribution in [3.63, 3.8) is 0 Å². The Hall–Kier alpha value is -1.55. The first-order valence-corrected chi connectivity index (χ1v) is 9.76. The highest BCUT2D eigenvalue weighted by Gasteiger charge is 2.25. The van der Waals surface area contributed by atoms with E-state index in [1.165, 1.54) is 49.1 Å². The van der Waals surface area contributed by atoms with E-state index < -0.39 is 0 Å². The summed E-state index contributed by atoms with van der Waals surface area (Å²) in [5, 5.41) is 0. The third-order valence-electron chi connectivity index (χ3n) is 5.60. The Morgan fingerprint density at radius 2 is 1.76 bits per heavy atom. The first-order valence-electron chi connectivity index (χ1n) is 9.76. The van der Waals surface area contributed by atoms with Crippen molar-refractivity contribution in [1.29, 1.82) is 0 Å². The topological polar surface area (TPSA) is 34.5 Å². The number of amides is 1. The van der Waals surface area contributed by atoms with Gasteiger partial charge in [-0.2, -0.15) is 0 Å². The zero-order valence-electron chi connectivity index (χ0n) is 16.1. The number of rotatable bonds is 3. The predicted octanol–water partition coefficient (Wildman–Crippen LogP) is 4.26. The number of carbonyl (C=O) groups excluding carboxylic acids is 1. The van der Waals surface area contributed by atoms with Crippen molar-refractivity contribution in [2.45, 2.75) is 78.0 Å². The monoisotopic (exact) mass is 344 g/mol. The lowest BCUT2D eigenvalue weighted by Gasteiger charge is -2.34. The third kappa shape index (κ3) is 4.17. The summed E-state index contributed by atoms with van der Waals surface area (Å²) >= 11 is 0. The van der Waals surface area contributed by atoms with Gasteiger partial charge >= 0.3 is 0 Å². The second-order valence-electron chi connectivity index (χ2n) is 7.82. The smallest absolute Gasteiger partial charge is 0.246 e. The highest BCUT2D eigenvalue weighted by atomic mass is 16.5. The van der Waals surface area contributed by atoms with Gasteiger partial charge < -0.3 is 14.2 Å². The molecule has 0 bridgehead atoms. The Kier molecular flexibility index (Phi) is 5.67. The van der Waals surface area contributed by atoms with E-state index in [9.17, 15) is 4.79 Å². The molecule has 1 saturated heterocycles. The van der Waals surface area contributed by atoms with Gasteiger partial charge in [-0.25, -0.2) is 0 Å². The SMILES string of the molecule is Cc1cc(/C=C/C(=O)N2C[C@@H](C)O[C@H](C)C2)c(C)n1C1CCCCC1. The van der Waals surface area contributed by atoms with E-state index in [-0.39, 0.29) is 18.1 Å². The Labute approximate surface area is 151 Å². The summed E-state index contributed by atoms with van der Waals surface area (Å²) in [6.45, 7) is 9.77. The van der Waals surface area contributed by atoms with Gasteiger partial charge in [-0.3, -0.25) is 4.79 Å². The third-order valence-corrected chi connectivity index (χ3v) is 5.60. The first kappa shape index (κ1) is 18.2. The molecule has 0 aromatic carbocycles. The fraction of sp³-hybridized carbons (Fsp3) is 0.667. The molecule has 138 valence electrons. The van der Waals surface area contributed by atoms with Crippen LogP contribution >= 0.6 is 0 Å². The lowest BCUT2D eigenvalue weighted by atomic mass is 9.95. The normalized spacial score (nSPS) is 25.7. The maximum Gasteiger partial charge on any atom is 0.246 e. The van der Waals surface area contributed by atoms with E-state index >= 15 is 0 Å². The van der Waals surface area contributed by atoms with Crippen LogP contribution in [0.25, 0.3) is 6.08 Å². The number of carbonyl (C=O) groups is 1. The van der Waals surface area contributed by atoms with Gasteiger partial charge in [0.25, 0.3) is 0 Å². The number of aryl methyl sites for hydroxylation is 1. The van der Waals surface area contributed by atoms with Crippen LogP contribution in [0.1, 0.15) is 68.9 Å². The zero-order valence-corrected chi connectivity index (χ0v) is 16.1. The van der Waals surface area contributed by atoms with E-state index in [4.69, 9.17) is 4.74 Å².